The second-order valence-electron chi connectivity index (χ2n) is 5.13. The van der Waals surface area contributed by atoms with Gasteiger partial charge in [-0.3, -0.25) is 9.97 Å². The van der Waals surface area contributed by atoms with Crippen molar-refractivity contribution in [3.8, 4) is 11.4 Å². The Bertz CT molecular complexity index is 773. The Morgan fingerprint density at radius 3 is 2.52 bits per heavy atom. The minimum Gasteiger partial charge on any atom is -0.381 e. The zero-order valence-electron chi connectivity index (χ0n) is 12.5. The molecule has 4 nitrogen and oxygen atoms in total. The predicted molar refractivity (Wildman–Crippen MR) is 89.1 cm³/mol. The highest BCUT2D eigenvalue weighted by atomic mass is 19.1. The van der Waals surface area contributed by atoms with Crippen molar-refractivity contribution in [2.45, 2.75) is 13.1 Å². The van der Waals surface area contributed by atoms with Crippen LogP contribution in [0.4, 0.5) is 10.1 Å². The largest absolute Gasteiger partial charge is 0.381 e. The van der Waals surface area contributed by atoms with Crippen molar-refractivity contribution in [3.63, 3.8) is 0 Å². The van der Waals surface area contributed by atoms with Gasteiger partial charge in [-0.2, -0.15) is 0 Å². The van der Waals surface area contributed by atoms with Crippen molar-refractivity contribution >= 4 is 5.69 Å². The Labute approximate surface area is 134 Å². The summed E-state index contributed by atoms with van der Waals surface area (Å²) in [6, 6.07) is 14.6. The van der Waals surface area contributed by atoms with Gasteiger partial charge in [0.05, 0.1) is 11.4 Å². The van der Waals surface area contributed by atoms with Gasteiger partial charge in [-0.15, -0.1) is 0 Å². The van der Waals surface area contributed by atoms with E-state index >= 15 is 0 Å². The molecule has 0 fully saturated rings. The summed E-state index contributed by atoms with van der Waals surface area (Å²) >= 11 is 0. The van der Waals surface area contributed by atoms with Gasteiger partial charge in [0.15, 0.2) is 0 Å². The number of anilines is 1. The molecule has 3 N–H and O–H groups in total. The van der Waals surface area contributed by atoms with Crippen LogP contribution < -0.4 is 11.1 Å². The molecule has 0 amide bonds. The van der Waals surface area contributed by atoms with Crippen LogP contribution in [0.3, 0.4) is 0 Å². The molecule has 0 saturated heterocycles. The topological polar surface area (TPSA) is 63.8 Å². The minimum absolute atomic E-state index is 0.199. The Morgan fingerprint density at radius 1 is 1.00 bits per heavy atom. The van der Waals surface area contributed by atoms with Crippen molar-refractivity contribution in [1.29, 1.82) is 0 Å². The van der Waals surface area contributed by atoms with Gasteiger partial charge in [0.25, 0.3) is 0 Å². The average Bonchev–Trinajstić information content (AvgIpc) is 2.61. The molecule has 0 spiro atoms. The first-order valence-corrected chi connectivity index (χ1v) is 7.35. The highest BCUT2D eigenvalue weighted by Gasteiger charge is 2.03. The standard InChI is InChI=1S/C18H17FN4/c19-16-9-15(6-5-14(16)10-20)22-11-13-4-7-18(23-12-13)17-3-1-2-8-21-17/h1-9,12,22H,10-11,20H2. The number of benzene rings is 1. The monoisotopic (exact) mass is 308 g/mol. The van der Waals surface area contributed by atoms with Crippen molar-refractivity contribution in [2.24, 2.45) is 5.73 Å². The Hall–Kier alpha value is -2.79. The first-order valence-electron chi connectivity index (χ1n) is 7.35. The van der Waals surface area contributed by atoms with Gasteiger partial charge >= 0.3 is 0 Å². The molecule has 0 atom stereocenters. The van der Waals surface area contributed by atoms with E-state index in [4.69, 9.17) is 5.73 Å². The molecule has 0 aliphatic rings. The molecule has 116 valence electrons. The van der Waals surface area contributed by atoms with Crippen LogP contribution in [0.15, 0.2) is 60.9 Å². The van der Waals surface area contributed by atoms with Crippen LogP contribution in [-0.4, -0.2) is 9.97 Å². The molecule has 1 aromatic carbocycles. The third-order valence-corrected chi connectivity index (χ3v) is 3.52. The zero-order valence-corrected chi connectivity index (χ0v) is 12.5. The predicted octanol–water partition coefficient (Wildman–Crippen LogP) is 3.35. The number of nitrogens with two attached hydrogens (primary N) is 1. The molecule has 3 rings (SSSR count). The van der Waals surface area contributed by atoms with Gasteiger partial charge in [-0.1, -0.05) is 18.2 Å². The quantitative estimate of drug-likeness (QED) is 0.758. The lowest BCUT2D eigenvalue weighted by Gasteiger charge is -2.08. The fourth-order valence-corrected chi connectivity index (χ4v) is 2.22. The summed E-state index contributed by atoms with van der Waals surface area (Å²) in [7, 11) is 0. The highest BCUT2D eigenvalue weighted by Crippen LogP contribution is 2.16. The van der Waals surface area contributed by atoms with Crippen molar-refractivity contribution in [3.05, 3.63) is 77.9 Å². The number of hydrogen-bond acceptors (Lipinski definition) is 4. The molecule has 3 aromatic rings. The smallest absolute Gasteiger partial charge is 0.129 e. The van der Waals surface area contributed by atoms with Gasteiger partial charge in [0.2, 0.25) is 0 Å². The van der Waals surface area contributed by atoms with Crippen molar-refractivity contribution in [2.75, 3.05) is 5.32 Å². The van der Waals surface area contributed by atoms with Gasteiger partial charge < -0.3 is 11.1 Å². The summed E-state index contributed by atoms with van der Waals surface area (Å²) in [6.45, 7) is 0.766. The lowest BCUT2D eigenvalue weighted by atomic mass is 10.2. The van der Waals surface area contributed by atoms with E-state index in [1.54, 1.807) is 18.5 Å². The molecule has 2 aromatic heterocycles. The fourth-order valence-electron chi connectivity index (χ4n) is 2.22. The molecule has 0 radical (unpaired) electrons. The first-order chi connectivity index (χ1) is 11.3. The maximum atomic E-state index is 13.7. The second kappa shape index (κ2) is 6.98. The summed E-state index contributed by atoms with van der Waals surface area (Å²) in [5.74, 6) is -0.291. The summed E-state index contributed by atoms with van der Waals surface area (Å²) in [5, 5.41) is 3.18. The van der Waals surface area contributed by atoms with E-state index in [-0.39, 0.29) is 12.4 Å². The van der Waals surface area contributed by atoms with Crippen molar-refractivity contribution in [1.82, 2.24) is 9.97 Å². The lowest BCUT2D eigenvalue weighted by molar-refractivity contribution is 0.611. The SMILES string of the molecule is NCc1ccc(NCc2ccc(-c3ccccn3)nc2)cc1F. The highest BCUT2D eigenvalue weighted by molar-refractivity contribution is 5.53. The maximum absolute atomic E-state index is 13.7. The molecule has 0 aliphatic heterocycles. The summed E-state index contributed by atoms with van der Waals surface area (Å²) in [4.78, 5) is 8.68. The molecule has 5 heteroatoms. The van der Waals surface area contributed by atoms with E-state index in [0.717, 1.165) is 17.0 Å². The average molecular weight is 308 g/mol. The number of aromatic nitrogens is 2. The minimum atomic E-state index is -0.291. The zero-order chi connectivity index (χ0) is 16.1. The molecule has 0 saturated carbocycles. The van der Waals surface area contributed by atoms with Crippen LogP contribution in [0, 0.1) is 5.82 Å². The van der Waals surface area contributed by atoms with Crippen LogP contribution in [0.2, 0.25) is 0 Å². The van der Waals surface area contributed by atoms with E-state index in [1.807, 2.05) is 36.4 Å². The Kier molecular flexibility index (Phi) is 4.59. The number of nitrogens with one attached hydrogen (secondary N) is 1. The lowest BCUT2D eigenvalue weighted by Crippen LogP contribution is -2.03. The molecular formula is C18H17FN4. The number of rotatable bonds is 5. The number of hydrogen-bond donors (Lipinski definition) is 2. The molecule has 2 heterocycles. The summed E-state index contributed by atoms with van der Waals surface area (Å²) < 4.78 is 13.7. The van der Waals surface area contributed by atoms with E-state index in [9.17, 15) is 4.39 Å². The number of nitrogens with zero attached hydrogens (tertiary/aromatic N) is 2. The Morgan fingerprint density at radius 2 is 1.87 bits per heavy atom. The second-order valence-corrected chi connectivity index (χ2v) is 5.13. The van der Waals surface area contributed by atoms with Gasteiger partial charge in [0.1, 0.15) is 5.82 Å². The third kappa shape index (κ3) is 3.70. The number of pyridine rings is 2. The molecule has 23 heavy (non-hydrogen) atoms. The van der Waals surface area contributed by atoms with Crippen LogP contribution in [-0.2, 0) is 13.1 Å². The van der Waals surface area contributed by atoms with Gasteiger partial charge in [-0.05, 0) is 35.9 Å². The van der Waals surface area contributed by atoms with Crippen LogP contribution in [0.25, 0.3) is 11.4 Å². The Balaban J connectivity index is 1.66. The molecule has 0 aliphatic carbocycles. The molecule has 0 unspecified atom stereocenters. The maximum Gasteiger partial charge on any atom is 0.129 e. The van der Waals surface area contributed by atoms with E-state index in [1.165, 1.54) is 6.07 Å². The van der Waals surface area contributed by atoms with Crippen molar-refractivity contribution < 1.29 is 4.39 Å². The van der Waals surface area contributed by atoms with Crippen LogP contribution in [0.5, 0.6) is 0 Å². The molecule has 0 bridgehead atoms. The third-order valence-electron chi connectivity index (χ3n) is 3.52. The first kappa shape index (κ1) is 15.1. The van der Waals surface area contributed by atoms with E-state index in [2.05, 4.69) is 15.3 Å². The summed E-state index contributed by atoms with van der Waals surface area (Å²) in [5.41, 5.74) is 9.35. The van der Waals surface area contributed by atoms with Gasteiger partial charge in [-0.25, -0.2) is 4.39 Å². The number of halogens is 1. The summed E-state index contributed by atoms with van der Waals surface area (Å²) in [6.07, 6.45) is 3.54. The van der Waals surface area contributed by atoms with Gasteiger partial charge in [0, 0.05) is 36.7 Å². The van der Waals surface area contributed by atoms with Crippen LogP contribution >= 0.6 is 0 Å². The normalized spacial score (nSPS) is 10.5. The van der Waals surface area contributed by atoms with E-state index in [0.29, 0.717) is 17.8 Å². The molecular weight excluding hydrogens is 291 g/mol. The van der Waals surface area contributed by atoms with E-state index < -0.39 is 0 Å². The van der Waals surface area contributed by atoms with Crippen LogP contribution in [0.1, 0.15) is 11.1 Å². The fraction of sp³-hybridized carbons (Fsp3) is 0.111.